The molecule has 0 spiro atoms. The van der Waals surface area contributed by atoms with Gasteiger partial charge in [-0.05, 0) is 58.9 Å². The van der Waals surface area contributed by atoms with Crippen LogP contribution in [0.4, 0.5) is 0 Å². The van der Waals surface area contributed by atoms with E-state index in [1.807, 2.05) is 45.9 Å². The van der Waals surface area contributed by atoms with Gasteiger partial charge >= 0.3 is 0 Å². The molecule has 1 amide bonds. The summed E-state index contributed by atoms with van der Waals surface area (Å²) in [6.45, 7) is 10.6. The minimum atomic E-state index is -0.700. The first-order valence-electron chi connectivity index (χ1n) is 9.61. The number of fused-ring (bicyclic) bond motifs is 1. The highest BCUT2D eigenvalue weighted by atomic mass is 16.6. The minimum Gasteiger partial charge on any atom is -0.486 e. The lowest BCUT2D eigenvalue weighted by atomic mass is 10.1. The molecule has 1 aliphatic rings. The molecule has 1 aliphatic heterocycles. The molecule has 2 heterocycles. The Morgan fingerprint density at radius 3 is 2.29 bits per heavy atom. The number of benzene rings is 1. The predicted octanol–water partition coefficient (Wildman–Crippen LogP) is 2.89. The Morgan fingerprint density at radius 1 is 1.00 bits per heavy atom. The molecule has 1 aromatic heterocycles. The second kappa shape index (κ2) is 8.04. The standard InChI is InChI=1S/C21H27N3O4/c1-13(2)23(14(3)4)21(26)15(5)24-20(25)9-7-17(22-24)16-6-8-18-19(12-16)28-11-10-27-18/h6-9,12-15H,10-11H2,1-5H3/t15-/m1/s1. The summed E-state index contributed by atoms with van der Waals surface area (Å²) in [6, 6.07) is 8.00. The smallest absolute Gasteiger partial charge is 0.267 e. The van der Waals surface area contributed by atoms with Crippen LogP contribution < -0.4 is 15.0 Å². The first-order valence-corrected chi connectivity index (χ1v) is 9.61. The summed E-state index contributed by atoms with van der Waals surface area (Å²) in [5.74, 6) is 1.22. The zero-order chi connectivity index (χ0) is 20.4. The van der Waals surface area contributed by atoms with Gasteiger partial charge in [-0.2, -0.15) is 5.10 Å². The second-order valence-electron chi connectivity index (χ2n) is 7.47. The average molecular weight is 385 g/mol. The molecular weight excluding hydrogens is 358 g/mol. The zero-order valence-corrected chi connectivity index (χ0v) is 17.0. The fraction of sp³-hybridized carbons (Fsp3) is 0.476. The number of amides is 1. The number of rotatable bonds is 5. The van der Waals surface area contributed by atoms with Gasteiger partial charge in [0.2, 0.25) is 5.91 Å². The Bertz CT molecular complexity index is 912. The monoisotopic (exact) mass is 385 g/mol. The quantitative estimate of drug-likeness (QED) is 0.791. The first-order chi connectivity index (χ1) is 13.3. The number of carbonyl (C=O) groups is 1. The van der Waals surface area contributed by atoms with Crippen LogP contribution in [0.15, 0.2) is 35.1 Å². The van der Waals surface area contributed by atoms with Gasteiger partial charge in [-0.3, -0.25) is 9.59 Å². The van der Waals surface area contributed by atoms with E-state index < -0.39 is 6.04 Å². The van der Waals surface area contributed by atoms with Crippen LogP contribution in [0.2, 0.25) is 0 Å². The molecule has 1 atom stereocenters. The van der Waals surface area contributed by atoms with Gasteiger partial charge < -0.3 is 14.4 Å². The van der Waals surface area contributed by atoms with Gasteiger partial charge in [-0.15, -0.1) is 0 Å². The highest BCUT2D eigenvalue weighted by Gasteiger charge is 2.27. The number of hydrogen-bond donors (Lipinski definition) is 0. The molecule has 0 fully saturated rings. The number of carbonyl (C=O) groups excluding carboxylic acids is 1. The lowest BCUT2D eigenvalue weighted by Crippen LogP contribution is -2.46. The van der Waals surface area contributed by atoms with Crippen LogP contribution in [0, 0.1) is 0 Å². The summed E-state index contributed by atoms with van der Waals surface area (Å²) in [5.41, 5.74) is 1.08. The Morgan fingerprint density at radius 2 is 1.64 bits per heavy atom. The van der Waals surface area contributed by atoms with E-state index in [1.54, 1.807) is 17.9 Å². The van der Waals surface area contributed by atoms with Gasteiger partial charge in [0.1, 0.15) is 19.3 Å². The van der Waals surface area contributed by atoms with E-state index in [1.165, 1.54) is 10.7 Å². The average Bonchev–Trinajstić information content (AvgIpc) is 2.66. The molecule has 1 aromatic carbocycles. The Labute approximate surface area is 164 Å². The van der Waals surface area contributed by atoms with Crippen molar-refractivity contribution < 1.29 is 14.3 Å². The van der Waals surface area contributed by atoms with Gasteiger partial charge in [0.25, 0.3) is 5.56 Å². The summed E-state index contributed by atoms with van der Waals surface area (Å²) in [6.07, 6.45) is 0. The van der Waals surface area contributed by atoms with Crippen molar-refractivity contribution in [3.05, 3.63) is 40.7 Å². The van der Waals surface area contributed by atoms with Crippen molar-refractivity contribution in [1.29, 1.82) is 0 Å². The van der Waals surface area contributed by atoms with Crippen molar-refractivity contribution in [2.75, 3.05) is 13.2 Å². The molecule has 7 heteroatoms. The first kappa shape index (κ1) is 19.9. The van der Waals surface area contributed by atoms with E-state index in [0.29, 0.717) is 30.4 Å². The van der Waals surface area contributed by atoms with Gasteiger partial charge in [-0.1, -0.05) is 0 Å². The lowest BCUT2D eigenvalue weighted by Gasteiger charge is -2.33. The molecule has 0 N–H and O–H groups in total. The third-order valence-corrected chi connectivity index (χ3v) is 4.75. The van der Waals surface area contributed by atoms with Crippen LogP contribution in [0.5, 0.6) is 11.5 Å². The maximum Gasteiger partial charge on any atom is 0.267 e. The van der Waals surface area contributed by atoms with E-state index in [9.17, 15) is 9.59 Å². The fourth-order valence-corrected chi connectivity index (χ4v) is 3.48. The highest BCUT2D eigenvalue weighted by Crippen LogP contribution is 2.33. The van der Waals surface area contributed by atoms with Crippen molar-refractivity contribution in [3.8, 4) is 22.8 Å². The summed E-state index contributed by atoms with van der Waals surface area (Å²) in [4.78, 5) is 27.2. The fourth-order valence-electron chi connectivity index (χ4n) is 3.48. The van der Waals surface area contributed by atoms with Crippen LogP contribution in [0.25, 0.3) is 11.3 Å². The van der Waals surface area contributed by atoms with E-state index in [2.05, 4.69) is 5.10 Å². The Hall–Kier alpha value is -2.83. The van der Waals surface area contributed by atoms with E-state index in [4.69, 9.17) is 9.47 Å². The van der Waals surface area contributed by atoms with Crippen molar-refractivity contribution in [2.24, 2.45) is 0 Å². The third kappa shape index (κ3) is 3.88. The number of hydrogen-bond acceptors (Lipinski definition) is 5. The number of nitrogens with zero attached hydrogens (tertiary/aromatic N) is 3. The maximum atomic E-state index is 13.0. The van der Waals surface area contributed by atoms with Crippen LogP contribution in [-0.4, -0.2) is 45.9 Å². The largest absolute Gasteiger partial charge is 0.486 e. The summed E-state index contributed by atoms with van der Waals surface area (Å²) in [5, 5.41) is 4.47. The normalized spacial score (nSPS) is 14.2. The van der Waals surface area contributed by atoms with Gasteiger partial charge in [-0.25, -0.2) is 4.68 Å². The van der Waals surface area contributed by atoms with E-state index in [0.717, 1.165) is 5.56 Å². The highest BCUT2D eigenvalue weighted by molar-refractivity contribution is 5.80. The van der Waals surface area contributed by atoms with Gasteiger partial charge in [0.05, 0.1) is 5.69 Å². The van der Waals surface area contributed by atoms with Gasteiger partial charge in [0, 0.05) is 23.7 Å². The molecule has 0 saturated carbocycles. The topological polar surface area (TPSA) is 73.7 Å². The van der Waals surface area contributed by atoms with Crippen LogP contribution in [0.3, 0.4) is 0 Å². The summed E-state index contributed by atoms with van der Waals surface area (Å²) >= 11 is 0. The van der Waals surface area contributed by atoms with Crippen LogP contribution in [0.1, 0.15) is 40.7 Å². The van der Waals surface area contributed by atoms with Crippen LogP contribution >= 0.6 is 0 Å². The van der Waals surface area contributed by atoms with Crippen LogP contribution in [-0.2, 0) is 4.79 Å². The van der Waals surface area contributed by atoms with Crippen molar-refractivity contribution in [1.82, 2.24) is 14.7 Å². The third-order valence-electron chi connectivity index (χ3n) is 4.75. The molecule has 3 rings (SSSR count). The predicted molar refractivity (Wildman–Crippen MR) is 107 cm³/mol. The van der Waals surface area contributed by atoms with Crippen molar-refractivity contribution in [2.45, 2.75) is 52.7 Å². The van der Waals surface area contributed by atoms with E-state index in [-0.39, 0.29) is 23.6 Å². The second-order valence-corrected chi connectivity index (χ2v) is 7.47. The molecule has 2 aromatic rings. The lowest BCUT2D eigenvalue weighted by molar-refractivity contribution is -0.138. The number of ether oxygens (including phenoxy) is 2. The van der Waals surface area contributed by atoms with Crippen molar-refractivity contribution in [3.63, 3.8) is 0 Å². The molecule has 28 heavy (non-hydrogen) atoms. The minimum absolute atomic E-state index is 0.0339. The molecule has 7 nitrogen and oxygen atoms in total. The Balaban J connectivity index is 1.95. The molecule has 0 saturated heterocycles. The molecule has 0 radical (unpaired) electrons. The molecule has 0 bridgehead atoms. The van der Waals surface area contributed by atoms with Gasteiger partial charge in [0.15, 0.2) is 11.5 Å². The van der Waals surface area contributed by atoms with E-state index >= 15 is 0 Å². The van der Waals surface area contributed by atoms with Crippen molar-refractivity contribution >= 4 is 5.91 Å². The SMILES string of the molecule is CC(C)N(C(=O)[C@@H](C)n1nc(-c2ccc3c(c2)OCCO3)ccc1=O)C(C)C. The molecule has 0 unspecified atom stereocenters. The summed E-state index contributed by atoms with van der Waals surface area (Å²) < 4.78 is 12.4. The molecule has 150 valence electrons. The molecular formula is C21H27N3O4. The summed E-state index contributed by atoms with van der Waals surface area (Å²) in [7, 11) is 0. The maximum absolute atomic E-state index is 13.0. The number of aromatic nitrogens is 2. The zero-order valence-electron chi connectivity index (χ0n) is 17.0. The Kier molecular flexibility index (Phi) is 5.72. The molecule has 0 aliphatic carbocycles.